The first kappa shape index (κ1) is 15.3. The van der Waals surface area contributed by atoms with E-state index in [1.54, 1.807) is 7.11 Å². The normalized spacial score (nSPS) is 10.7. The second kappa shape index (κ2) is 7.09. The predicted octanol–water partition coefficient (Wildman–Crippen LogP) is 3.69. The zero-order valence-electron chi connectivity index (χ0n) is 13.0. The third kappa shape index (κ3) is 4.20. The standard InChI is InChI=1S/C17H22N2O2/c1-12(2)18-11-14-9-10-17(19-13(14)3)21-16-8-6-5-7-15(16)20-4/h5-10,12,18H,11H2,1-4H3. The van der Waals surface area contributed by atoms with Crippen molar-refractivity contribution in [1.82, 2.24) is 10.3 Å². The van der Waals surface area contributed by atoms with Gasteiger partial charge >= 0.3 is 0 Å². The smallest absolute Gasteiger partial charge is 0.219 e. The van der Waals surface area contributed by atoms with Crippen LogP contribution in [0.5, 0.6) is 17.4 Å². The molecule has 1 aromatic carbocycles. The Morgan fingerprint density at radius 2 is 1.81 bits per heavy atom. The van der Waals surface area contributed by atoms with E-state index < -0.39 is 0 Å². The van der Waals surface area contributed by atoms with Gasteiger partial charge in [0.15, 0.2) is 11.5 Å². The van der Waals surface area contributed by atoms with Crippen LogP contribution in [0.2, 0.25) is 0 Å². The molecule has 0 radical (unpaired) electrons. The maximum absolute atomic E-state index is 5.81. The van der Waals surface area contributed by atoms with Gasteiger partial charge in [0.1, 0.15) is 0 Å². The van der Waals surface area contributed by atoms with E-state index in [-0.39, 0.29) is 0 Å². The lowest BCUT2D eigenvalue weighted by Crippen LogP contribution is -2.22. The van der Waals surface area contributed by atoms with Crippen LogP contribution in [0, 0.1) is 6.92 Å². The number of ether oxygens (including phenoxy) is 2. The van der Waals surface area contributed by atoms with E-state index >= 15 is 0 Å². The Balaban J connectivity index is 2.13. The van der Waals surface area contributed by atoms with Crippen molar-refractivity contribution in [2.24, 2.45) is 0 Å². The number of para-hydroxylation sites is 2. The molecule has 1 N–H and O–H groups in total. The van der Waals surface area contributed by atoms with Crippen LogP contribution in [0.4, 0.5) is 0 Å². The van der Waals surface area contributed by atoms with Crippen LogP contribution < -0.4 is 14.8 Å². The number of pyridine rings is 1. The van der Waals surface area contributed by atoms with Gasteiger partial charge in [-0.25, -0.2) is 4.98 Å². The van der Waals surface area contributed by atoms with E-state index in [0.717, 1.165) is 12.2 Å². The van der Waals surface area contributed by atoms with E-state index in [4.69, 9.17) is 9.47 Å². The van der Waals surface area contributed by atoms with Gasteiger partial charge < -0.3 is 14.8 Å². The number of aryl methyl sites for hydroxylation is 1. The largest absolute Gasteiger partial charge is 0.493 e. The molecule has 0 aliphatic carbocycles. The molecule has 0 amide bonds. The average molecular weight is 286 g/mol. The summed E-state index contributed by atoms with van der Waals surface area (Å²) in [6.45, 7) is 7.06. The fraction of sp³-hybridized carbons (Fsp3) is 0.353. The minimum atomic E-state index is 0.453. The Bertz CT molecular complexity index is 597. The van der Waals surface area contributed by atoms with Crippen molar-refractivity contribution in [2.75, 3.05) is 7.11 Å². The van der Waals surface area contributed by atoms with E-state index in [9.17, 15) is 0 Å². The second-order valence-electron chi connectivity index (χ2n) is 5.18. The highest BCUT2D eigenvalue weighted by Crippen LogP contribution is 2.30. The van der Waals surface area contributed by atoms with Gasteiger partial charge in [0, 0.05) is 24.3 Å². The first-order chi connectivity index (χ1) is 10.1. The topological polar surface area (TPSA) is 43.4 Å². The molecule has 0 aliphatic rings. The van der Waals surface area contributed by atoms with Crippen LogP contribution in [-0.2, 0) is 6.54 Å². The SMILES string of the molecule is COc1ccccc1Oc1ccc(CNC(C)C)c(C)n1. The molecule has 4 heteroatoms. The highest BCUT2D eigenvalue weighted by atomic mass is 16.5. The van der Waals surface area contributed by atoms with Crippen molar-refractivity contribution >= 4 is 0 Å². The highest BCUT2D eigenvalue weighted by Gasteiger charge is 2.07. The molecule has 1 aromatic heterocycles. The van der Waals surface area contributed by atoms with Crippen LogP contribution in [0.15, 0.2) is 36.4 Å². The first-order valence-corrected chi connectivity index (χ1v) is 7.11. The Hall–Kier alpha value is -2.07. The van der Waals surface area contributed by atoms with Gasteiger partial charge in [0.25, 0.3) is 0 Å². The molecule has 0 spiro atoms. The fourth-order valence-corrected chi connectivity index (χ4v) is 1.94. The zero-order chi connectivity index (χ0) is 15.2. The van der Waals surface area contributed by atoms with E-state index in [2.05, 4.69) is 24.1 Å². The van der Waals surface area contributed by atoms with Crippen LogP contribution >= 0.6 is 0 Å². The number of hydrogen-bond acceptors (Lipinski definition) is 4. The van der Waals surface area contributed by atoms with Crippen molar-refractivity contribution in [3.8, 4) is 17.4 Å². The van der Waals surface area contributed by atoms with Gasteiger partial charge in [-0.2, -0.15) is 0 Å². The van der Waals surface area contributed by atoms with Crippen LogP contribution in [0.25, 0.3) is 0 Å². The monoisotopic (exact) mass is 286 g/mol. The molecule has 4 nitrogen and oxygen atoms in total. The van der Waals surface area contributed by atoms with Crippen molar-refractivity contribution in [2.45, 2.75) is 33.4 Å². The van der Waals surface area contributed by atoms with Gasteiger partial charge in [-0.1, -0.05) is 32.0 Å². The summed E-state index contributed by atoms with van der Waals surface area (Å²) in [4.78, 5) is 4.50. The Kier molecular flexibility index (Phi) is 5.17. The molecule has 0 saturated carbocycles. The molecule has 0 fully saturated rings. The quantitative estimate of drug-likeness (QED) is 0.879. The molecule has 0 atom stereocenters. The van der Waals surface area contributed by atoms with Crippen molar-refractivity contribution < 1.29 is 9.47 Å². The molecular weight excluding hydrogens is 264 g/mol. The number of nitrogens with one attached hydrogen (secondary N) is 1. The number of benzene rings is 1. The Morgan fingerprint density at radius 3 is 2.43 bits per heavy atom. The van der Waals surface area contributed by atoms with Crippen LogP contribution in [0.3, 0.4) is 0 Å². The highest BCUT2D eigenvalue weighted by molar-refractivity contribution is 5.41. The average Bonchev–Trinajstić information content (AvgIpc) is 2.47. The molecule has 2 aromatic rings. The lowest BCUT2D eigenvalue weighted by atomic mass is 10.2. The van der Waals surface area contributed by atoms with Gasteiger partial charge in [0.05, 0.1) is 7.11 Å². The molecule has 0 saturated heterocycles. The van der Waals surface area contributed by atoms with Crippen LogP contribution in [0.1, 0.15) is 25.1 Å². The van der Waals surface area contributed by atoms with Crippen molar-refractivity contribution in [1.29, 1.82) is 0 Å². The van der Waals surface area contributed by atoms with Crippen molar-refractivity contribution in [3.05, 3.63) is 47.7 Å². The maximum Gasteiger partial charge on any atom is 0.219 e. The van der Waals surface area contributed by atoms with Crippen molar-refractivity contribution in [3.63, 3.8) is 0 Å². The molecule has 1 heterocycles. The number of nitrogens with zero attached hydrogens (tertiary/aromatic N) is 1. The summed E-state index contributed by atoms with van der Waals surface area (Å²) < 4.78 is 11.1. The zero-order valence-corrected chi connectivity index (χ0v) is 13.0. The summed E-state index contributed by atoms with van der Waals surface area (Å²) in [5.41, 5.74) is 2.15. The number of methoxy groups -OCH3 is 1. The third-order valence-electron chi connectivity index (χ3n) is 3.15. The number of hydrogen-bond donors (Lipinski definition) is 1. The van der Waals surface area contributed by atoms with Gasteiger partial charge in [-0.05, 0) is 24.6 Å². The molecule has 0 unspecified atom stereocenters. The Morgan fingerprint density at radius 1 is 1.10 bits per heavy atom. The van der Waals surface area contributed by atoms with E-state index in [1.807, 2.05) is 43.3 Å². The molecule has 21 heavy (non-hydrogen) atoms. The lowest BCUT2D eigenvalue weighted by Gasteiger charge is -2.12. The summed E-state index contributed by atoms with van der Waals surface area (Å²) in [6, 6.07) is 11.9. The lowest BCUT2D eigenvalue weighted by molar-refractivity contribution is 0.373. The summed E-state index contributed by atoms with van der Waals surface area (Å²) >= 11 is 0. The summed E-state index contributed by atoms with van der Waals surface area (Å²) in [5.74, 6) is 1.94. The predicted molar refractivity (Wildman–Crippen MR) is 84.0 cm³/mol. The molecule has 0 bridgehead atoms. The maximum atomic E-state index is 5.81. The minimum absolute atomic E-state index is 0.453. The van der Waals surface area contributed by atoms with Gasteiger partial charge in [-0.15, -0.1) is 0 Å². The number of aromatic nitrogens is 1. The molecular formula is C17H22N2O2. The minimum Gasteiger partial charge on any atom is -0.493 e. The molecule has 0 aliphatic heterocycles. The fourth-order valence-electron chi connectivity index (χ4n) is 1.94. The summed E-state index contributed by atoms with van der Waals surface area (Å²) in [5, 5.41) is 3.39. The molecule has 112 valence electrons. The molecule has 2 rings (SSSR count). The number of rotatable bonds is 6. The summed E-state index contributed by atoms with van der Waals surface area (Å²) in [7, 11) is 1.63. The van der Waals surface area contributed by atoms with E-state index in [1.165, 1.54) is 5.56 Å². The second-order valence-corrected chi connectivity index (χ2v) is 5.18. The van der Waals surface area contributed by atoms with Gasteiger partial charge in [-0.3, -0.25) is 0 Å². The third-order valence-corrected chi connectivity index (χ3v) is 3.15. The van der Waals surface area contributed by atoms with Gasteiger partial charge in [0.2, 0.25) is 5.88 Å². The van der Waals surface area contributed by atoms with E-state index in [0.29, 0.717) is 23.4 Å². The van der Waals surface area contributed by atoms with Crippen LogP contribution in [-0.4, -0.2) is 18.1 Å². The first-order valence-electron chi connectivity index (χ1n) is 7.11. The Labute approximate surface area is 126 Å². The summed E-state index contributed by atoms with van der Waals surface area (Å²) in [6.07, 6.45) is 0.